The average molecular weight is 394 g/mol. The zero-order valence-electron chi connectivity index (χ0n) is 15.8. The molecule has 0 bridgehead atoms. The molecule has 0 amide bonds. The molecule has 2 heterocycles. The van der Waals surface area contributed by atoms with Crippen molar-refractivity contribution in [2.24, 2.45) is 7.05 Å². The molecule has 0 aliphatic rings. The summed E-state index contributed by atoms with van der Waals surface area (Å²) < 4.78 is 3.43. The van der Waals surface area contributed by atoms with Gasteiger partial charge in [0.2, 0.25) is 5.43 Å². The lowest BCUT2D eigenvalue weighted by molar-refractivity contribution is 0.614. The third-order valence-electron chi connectivity index (χ3n) is 5.04. The Hall–Kier alpha value is -2.92. The Labute approximate surface area is 166 Å². The highest BCUT2D eigenvalue weighted by Gasteiger charge is 2.18. The molecule has 0 saturated heterocycles. The zero-order valence-corrected chi connectivity index (χ0v) is 16.5. The van der Waals surface area contributed by atoms with E-state index < -0.39 is 0 Å². The first-order valence-corrected chi connectivity index (χ1v) is 9.69. The lowest BCUT2D eigenvalue weighted by atomic mass is 10.1. The van der Waals surface area contributed by atoms with Gasteiger partial charge in [0.25, 0.3) is 5.56 Å². The van der Waals surface area contributed by atoms with E-state index in [2.05, 4.69) is 6.92 Å². The molecule has 6 heteroatoms. The standard InChI is InChI=1S/C22H20ClN3O2/c1-3-4-13-26-20(14-9-11-15(23)12-10-14)24-21-18(22(26)28)19(27)16-7-5-6-8-17(16)25(21)2/h5-12H,3-4,13H2,1-2H3. The molecule has 4 aromatic rings. The maximum Gasteiger partial charge on any atom is 0.267 e. The van der Waals surface area contributed by atoms with Crippen LogP contribution in [0.25, 0.3) is 33.3 Å². The molecule has 0 radical (unpaired) electrons. The Morgan fingerprint density at radius 2 is 1.75 bits per heavy atom. The number of para-hydroxylation sites is 1. The van der Waals surface area contributed by atoms with Gasteiger partial charge in [0.15, 0.2) is 5.65 Å². The number of unbranched alkanes of at least 4 members (excludes halogenated alkanes) is 1. The van der Waals surface area contributed by atoms with Gasteiger partial charge in [0.1, 0.15) is 11.2 Å². The summed E-state index contributed by atoms with van der Waals surface area (Å²) in [6.45, 7) is 2.57. The van der Waals surface area contributed by atoms with Crippen LogP contribution >= 0.6 is 11.6 Å². The van der Waals surface area contributed by atoms with Crippen molar-refractivity contribution in [1.29, 1.82) is 0 Å². The van der Waals surface area contributed by atoms with Gasteiger partial charge in [-0.15, -0.1) is 0 Å². The Morgan fingerprint density at radius 3 is 2.46 bits per heavy atom. The topological polar surface area (TPSA) is 56.9 Å². The highest BCUT2D eigenvalue weighted by molar-refractivity contribution is 6.30. The molecule has 0 spiro atoms. The summed E-state index contributed by atoms with van der Waals surface area (Å²) in [5, 5.41) is 1.28. The van der Waals surface area contributed by atoms with Crippen molar-refractivity contribution in [3.8, 4) is 11.4 Å². The van der Waals surface area contributed by atoms with Gasteiger partial charge in [-0.3, -0.25) is 14.2 Å². The highest BCUT2D eigenvalue weighted by atomic mass is 35.5. The first-order valence-electron chi connectivity index (χ1n) is 9.31. The van der Waals surface area contributed by atoms with Crippen molar-refractivity contribution in [3.63, 3.8) is 0 Å². The summed E-state index contributed by atoms with van der Waals surface area (Å²) in [5.74, 6) is 0.549. The van der Waals surface area contributed by atoms with Crippen LogP contribution in [0.2, 0.25) is 5.02 Å². The fourth-order valence-electron chi connectivity index (χ4n) is 3.53. The molecule has 0 N–H and O–H groups in total. The van der Waals surface area contributed by atoms with Crippen LogP contribution in [0.1, 0.15) is 19.8 Å². The van der Waals surface area contributed by atoms with Crippen molar-refractivity contribution in [2.75, 3.05) is 0 Å². The fraction of sp³-hybridized carbons (Fsp3) is 0.227. The van der Waals surface area contributed by atoms with E-state index in [1.54, 1.807) is 28.8 Å². The van der Waals surface area contributed by atoms with Crippen LogP contribution in [-0.4, -0.2) is 14.1 Å². The number of benzene rings is 2. The molecule has 0 aliphatic heterocycles. The third-order valence-corrected chi connectivity index (χ3v) is 5.29. The van der Waals surface area contributed by atoms with Crippen LogP contribution in [0.5, 0.6) is 0 Å². The number of halogens is 1. The predicted molar refractivity (Wildman–Crippen MR) is 114 cm³/mol. The van der Waals surface area contributed by atoms with E-state index in [1.165, 1.54) is 0 Å². The largest absolute Gasteiger partial charge is 0.328 e. The van der Waals surface area contributed by atoms with Gasteiger partial charge in [-0.1, -0.05) is 37.1 Å². The number of hydrogen-bond acceptors (Lipinski definition) is 3. The van der Waals surface area contributed by atoms with Crippen molar-refractivity contribution in [2.45, 2.75) is 26.3 Å². The van der Waals surface area contributed by atoms with Crippen LogP contribution in [0, 0.1) is 0 Å². The normalized spacial score (nSPS) is 11.4. The van der Waals surface area contributed by atoms with Gasteiger partial charge in [-0.25, -0.2) is 4.98 Å². The smallest absolute Gasteiger partial charge is 0.267 e. The second kappa shape index (κ2) is 7.24. The second-order valence-electron chi connectivity index (χ2n) is 6.86. The lowest BCUT2D eigenvalue weighted by Crippen LogP contribution is -2.29. The maximum atomic E-state index is 13.4. The Kier molecular flexibility index (Phi) is 4.77. The fourth-order valence-corrected chi connectivity index (χ4v) is 3.66. The number of aryl methyl sites for hydroxylation is 1. The van der Waals surface area contributed by atoms with Gasteiger partial charge in [-0.05, 0) is 42.8 Å². The predicted octanol–water partition coefficient (Wildman–Crippen LogP) is 4.37. The summed E-state index contributed by atoms with van der Waals surface area (Å²) in [6.07, 6.45) is 1.75. The van der Waals surface area contributed by atoms with Gasteiger partial charge >= 0.3 is 0 Å². The van der Waals surface area contributed by atoms with Gasteiger partial charge in [-0.2, -0.15) is 0 Å². The average Bonchev–Trinajstić information content (AvgIpc) is 2.71. The zero-order chi connectivity index (χ0) is 19.8. The van der Waals surface area contributed by atoms with E-state index in [1.807, 2.05) is 35.9 Å². The number of rotatable bonds is 4. The molecule has 0 fully saturated rings. The molecule has 142 valence electrons. The van der Waals surface area contributed by atoms with Crippen LogP contribution in [0.15, 0.2) is 58.1 Å². The Balaban J connectivity index is 2.15. The minimum atomic E-state index is -0.297. The van der Waals surface area contributed by atoms with E-state index in [4.69, 9.17) is 16.6 Å². The van der Waals surface area contributed by atoms with Crippen LogP contribution in [0.4, 0.5) is 0 Å². The molecule has 2 aromatic heterocycles. The lowest BCUT2D eigenvalue weighted by Gasteiger charge is -2.16. The maximum absolute atomic E-state index is 13.4. The Bertz CT molecular complexity index is 1300. The summed E-state index contributed by atoms with van der Waals surface area (Å²) in [6, 6.07) is 14.5. The highest BCUT2D eigenvalue weighted by Crippen LogP contribution is 2.22. The van der Waals surface area contributed by atoms with Crippen molar-refractivity contribution >= 4 is 33.5 Å². The van der Waals surface area contributed by atoms with E-state index >= 15 is 0 Å². The second-order valence-corrected chi connectivity index (χ2v) is 7.29. The van der Waals surface area contributed by atoms with E-state index in [0.717, 1.165) is 23.9 Å². The molecular formula is C22H20ClN3O2. The minimum absolute atomic E-state index is 0.134. The number of hydrogen-bond donors (Lipinski definition) is 0. The molecule has 0 saturated carbocycles. The number of aromatic nitrogens is 3. The monoisotopic (exact) mass is 393 g/mol. The first kappa shape index (κ1) is 18.4. The molecule has 0 aliphatic carbocycles. The van der Waals surface area contributed by atoms with Gasteiger partial charge in [0, 0.05) is 29.6 Å². The van der Waals surface area contributed by atoms with Gasteiger partial charge < -0.3 is 4.57 Å². The first-order chi connectivity index (χ1) is 13.5. The van der Waals surface area contributed by atoms with Crippen molar-refractivity contribution < 1.29 is 0 Å². The number of nitrogens with zero attached hydrogens (tertiary/aromatic N) is 3. The molecule has 4 rings (SSSR count). The Morgan fingerprint density at radius 1 is 1.04 bits per heavy atom. The van der Waals surface area contributed by atoms with Crippen LogP contribution in [0.3, 0.4) is 0 Å². The van der Waals surface area contributed by atoms with E-state index in [0.29, 0.717) is 28.4 Å². The van der Waals surface area contributed by atoms with Crippen molar-refractivity contribution in [1.82, 2.24) is 14.1 Å². The molecule has 0 unspecified atom stereocenters. The van der Waals surface area contributed by atoms with Crippen molar-refractivity contribution in [3.05, 3.63) is 74.1 Å². The number of fused-ring (bicyclic) bond motifs is 2. The summed E-state index contributed by atoms with van der Waals surface area (Å²) in [7, 11) is 1.83. The minimum Gasteiger partial charge on any atom is -0.328 e. The molecule has 2 aromatic carbocycles. The molecular weight excluding hydrogens is 374 g/mol. The SMILES string of the molecule is CCCCn1c(-c2ccc(Cl)cc2)nc2c(c(=O)c3ccccc3n2C)c1=O. The van der Waals surface area contributed by atoms with E-state index in [9.17, 15) is 9.59 Å². The third kappa shape index (κ3) is 2.92. The van der Waals surface area contributed by atoms with Crippen LogP contribution in [-0.2, 0) is 13.6 Å². The molecule has 0 atom stereocenters. The summed E-state index contributed by atoms with van der Waals surface area (Å²) >= 11 is 6.03. The quantitative estimate of drug-likeness (QED) is 0.484. The summed E-state index contributed by atoms with van der Waals surface area (Å²) in [4.78, 5) is 31.3. The summed E-state index contributed by atoms with van der Waals surface area (Å²) in [5.41, 5.74) is 1.37. The van der Waals surface area contributed by atoms with E-state index in [-0.39, 0.29) is 16.4 Å². The molecule has 28 heavy (non-hydrogen) atoms. The number of pyridine rings is 1. The molecule has 5 nitrogen and oxygen atoms in total. The van der Waals surface area contributed by atoms with Crippen LogP contribution < -0.4 is 11.0 Å². The van der Waals surface area contributed by atoms with Gasteiger partial charge in [0.05, 0.1) is 5.52 Å².